The monoisotopic (exact) mass is 240 g/mol. The molecule has 0 aromatic rings. The number of carbonyl (C=O) groups excluding carboxylic acids is 2. The molecule has 0 N–H and O–H groups in total. The van der Waals surface area contributed by atoms with E-state index in [2.05, 4.69) is 12.2 Å². The van der Waals surface area contributed by atoms with Crippen molar-refractivity contribution in [2.24, 2.45) is 34.5 Å². The van der Waals surface area contributed by atoms with E-state index in [1.807, 2.05) is 0 Å². The second-order valence-electron chi connectivity index (χ2n) is 6.97. The maximum atomic E-state index is 12.2. The molecule has 18 heavy (non-hydrogen) atoms. The zero-order valence-corrected chi connectivity index (χ0v) is 10.3. The molecule has 0 aliphatic heterocycles. The van der Waals surface area contributed by atoms with Crippen LogP contribution in [0, 0.1) is 34.5 Å². The van der Waals surface area contributed by atoms with Crippen LogP contribution in [0.3, 0.4) is 0 Å². The largest absolute Gasteiger partial charge is 0.294 e. The van der Waals surface area contributed by atoms with Crippen molar-refractivity contribution < 1.29 is 9.59 Å². The minimum Gasteiger partial charge on any atom is -0.294 e. The van der Waals surface area contributed by atoms with Crippen molar-refractivity contribution in [1.82, 2.24) is 0 Å². The molecule has 0 amide bonds. The molecule has 3 fully saturated rings. The average Bonchev–Trinajstić information content (AvgIpc) is 2.93. The fourth-order valence-electron chi connectivity index (χ4n) is 6.22. The lowest BCUT2D eigenvalue weighted by molar-refractivity contribution is -0.138. The van der Waals surface area contributed by atoms with E-state index < -0.39 is 0 Å². The summed E-state index contributed by atoms with van der Waals surface area (Å²) in [6.45, 7) is 0. The molecule has 6 aliphatic carbocycles. The molecule has 0 aromatic carbocycles. The summed E-state index contributed by atoms with van der Waals surface area (Å²) in [4.78, 5) is 24.5. The van der Waals surface area contributed by atoms with Crippen molar-refractivity contribution in [3.8, 4) is 0 Å². The molecule has 3 saturated carbocycles. The Bertz CT molecular complexity index is 511. The van der Waals surface area contributed by atoms with Gasteiger partial charge in [0.1, 0.15) is 0 Å². The summed E-state index contributed by atoms with van der Waals surface area (Å²) in [5.41, 5.74) is 0.823. The number of hydrogen-bond acceptors (Lipinski definition) is 2. The molecule has 92 valence electrons. The molecule has 6 atom stereocenters. The van der Waals surface area contributed by atoms with E-state index in [0.717, 1.165) is 0 Å². The Balaban J connectivity index is 1.74. The van der Waals surface area contributed by atoms with Crippen LogP contribution in [0.4, 0.5) is 0 Å². The third-order valence-electron chi connectivity index (χ3n) is 6.77. The lowest BCUT2D eigenvalue weighted by atomic mass is 9.51. The lowest BCUT2D eigenvalue weighted by Crippen LogP contribution is -2.52. The van der Waals surface area contributed by atoms with Crippen LogP contribution in [-0.4, -0.2) is 11.6 Å². The summed E-state index contributed by atoms with van der Waals surface area (Å²) < 4.78 is 0. The summed E-state index contributed by atoms with van der Waals surface area (Å²) in [5, 5.41) is 0. The Morgan fingerprint density at radius 1 is 0.889 bits per heavy atom. The number of carbonyl (C=O) groups is 2. The molecule has 0 radical (unpaired) electrons. The molecule has 2 nitrogen and oxygen atoms in total. The summed E-state index contributed by atoms with van der Waals surface area (Å²) >= 11 is 0. The molecule has 0 saturated heterocycles. The zero-order chi connectivity index (χ0) is 12.1. The predicted molar refractivity (Wildman–Crippen MR) is 65.6 cm³/mol. The molecule has 0 unspecified atom stereocenters. The normalized spacial score (nSPS) is 58.4. The minimum absolute atomic E-state index is 0.0220. The zero-order valence-electron chi connectivity index (χ0n) is 10.3. The highest BCUT2D eigenvalue weighted by Gasteiger charge is 2.81. The van der Waals surface area contributed by atoms with Gasteiger partial charge in [-0.1, -0.05) is 18.6 Å². The first-order valence-electron chi connectivity index (χ1n) is 7.14. The molecule has 6 aliphatic rings. The van der Waals surface area contributed by atoms with Gasteiger partial charge in [-0.2, -0.15) is 0 Å². The van der Waals surface area contributed by atoms with Gasteiger partial charge in [-0.15, -0.1) is 0 Å². The predicted octanol–water partition coefficient (Wildman–Crippen LogP) is 2.30. The summed E-state index contributed by atoms with van der Waals surface area (Å²) in [6.07, 6.45) is 12.8. The second-order valence-corrected chi connectivity index (χ2v) is 6.97. The van der Waals surface area contributed by atoms with Crippen molar-refractivity contribution in [2.75, 3.05) is 0 Å². The highest BCUT2D eigenvalue weighted by atomic mass is 16.1. The van der Waals surface area contributed by atoms with Gasteiger partial charge in [0, 0.05) is 11.8 Å². The van der Waals surface area contributed by atoms with E-state index in [9.17, 15) is 9.59 Å². The van der Waals surface area contributed by atoms with Crippen LogP contribution in [0.2, 0.25) is 0 Å². The van der Waals surface area contributed by atoms with Crippen LogP contribution in [0.15, 0.2) is 24.3 Å². The molecule has 0 spiro atoms. The van der Waals surface area contributed by atoms with Crippen LogP contribution in [0.5, 0.6) is 0 Å². The fourth-order valence-corrected chi connectivity index (χ4v) is 6.22. The third-order valence-corrected chi connectivity index (χ3v) is 6.77. The SMILES string of the molecule is O=C1C=CC(=O)[C@H]2[C@@H]1[C@H]1C=C[C@@H]2[C@@]23CCC[C@@]12C3. The first kappa shape index (κ1) is 9.71. The van der Waals surface area contributed by atoms with Crippen molar-refractivity contribution in [3.05, 3.63) is 24.3 Å². The Morgan fingerprint density at radius 2 is 1.39 bits per heavy atom. The molecular formula is C16H16O2. The van der Waals surface area contributed by atoms with Crippen molar-refractivity contribution in [3.63, 3.8) is 0 Å². The molecule has 0 heterocycles. The van der Waals surface area contributed by atoms with E-state index in [4.69, 9.17) is 0 Å². The van der Waals surface area contributed by atoms with Gasteiger partial charge < -0.3 is 0 Å². The first-order chi connectivity index (χ1) is 8.70. The van der Waals surface area contributed by atoms with Crippen LogP contribution in [0.25, 0.3) is 0 Å². The molecule has 0 aromatic heterocycles. The van der Waals surface area contributed by atoms with Gasteiger partial charge >= 0.3 is 0 Å². The van der Waals surface area contributed by atoms with Gasteiger partial charge in [0.05, 0.1) is 0 Å². The Kier molecular flexibility index (Phi) is 1.38. The van der Waals surface area contributed by atoms with Gasteiger partial charge in [-0.05, 0) is 54.1 Å². The van der Waals surface area contributed by atoms with E-state index in [-0.39, 0.29) is 23.4 Å². The van der Waals surface area contributed by atoms with Gasteiger partial charge in [0.25, 0.3) is 0 Å². The summed E-state index contributed by atoms with van der Waals surface area (Å²) in [7, 11) is 0. The number of hydrogen-bond donors (Lipinski definition) is 0. The van der Waals surface area contributed by atoms with E-state index in [0.29, 0.717) is 22.7 Å². The van der Waals surface area contributed by atoms with Crippen LogP contribution >= 0.6 is 0 Å². The topological polar surface area (TPSA) is 34.1 Å². The van der Waals surface area contributed by atoms with E-state index in [1.54, 1.807) is 0 Å². The van der Waals surface area contributed by atoms with E-state index >= 15 is 0 Å². The van der Waals surface area contributed by atoms with Crippen LogP contribution < -0.4 is 0 Å². The maximum absolute atomic E-state index is 12.2. The van der Waals surface area contributed by atoms with Gasteiger partial charge in [0.2, 0.25) is 0 Å². The highest BCUT2D eigenvalue weighted by Crippen LogP contribution is 2.86. The number of rotatable bonds is 0. The Labute approximate surface area is 106 Å². The Hall–Kier alpha value is -1.18. The minimum atomic E-state index is -0.0220. The van der Waals surface area contributed by atoms with Gasteiger partial charge in [-0.3, -0.25) is 9.59 Å². The van der Waals surface area contributed by atoms with Crippen molar-refractivity contribution in [2.45, 2.75) is 25.7 Å². The summed E-state index contributed by atoms with van der Waals surface area (Å²) in [6, 6.07) is 0. The smallest absolute Gasteiger partial charge is 0.160 e. The molecule has 6 rings (SSSR count). The highest BCUT2D eigenvalue weighted by molar-refractivity contribution is 6.08. The second kappa shape index (κ2) is 2.56. The Morgan fingerprint density at radius 3 is 1.89 bits per heavy atom. The summed E-state index contributed by atoms with van der Waals surface area (Å²) in [5.74, 6) is 1.09. The quantitative estimate of drug-likeness (QED) is 0.609. The number of ketones is 2. The number of allylic oxidation sites excluding steroid dienone is 4. The standard InChI is InChI=1S/C16H16O2/c17-11-4-5-12(18)14-10-3-2-9(13(11)14)15-6-1-7-16(10,15)8-15/h2-5,9-10,13-14H,1,6-8H2/t9-,10+,13-,14+,15-,16+. The average molecular weight is 240 g/mol. The van der Waals surface area contributed by atoms with Crippen molar-refractivity contribution in [1.29, 1.82) is 0 Å². The first-order valence-corrected chi connectivity index (χ1v) is 7.14. The lowest BCUT2D eigenvalue weighted by Gasteiger charge is -2.50. The van der Waals surface area contributed by atoms with Gasteiger partial charge in [-0.25, -0.2) is 0 Å². The molecule has 2 heteroatoms. The van der Waals surface area contributed by atoms with E-state index in [1.165, 1.54) is 37.8 Å². The third kappa shape index (κ3) is 0.741. The maximum Gasteiger partial charge on any atom is 0.160 e. The molecule has 2 bridgehead atoms. The fraction of sp³-hybridized carbons (Fsp3) is 0.625. The van der Waals surface area contributed by atoms with Gasteiger partial charge in [0.15, 0.2) is 11.6 Å². The van der Waals surface area contributed by atoms with Crippen LogP contribution in [-0.2, 0) is 9.59 Å². The van der Waals surface area contributed by atoms with Crippen molar-refractivity contribution >= 4 is 11.6 Å². The molecular weight excluding hydrogens is 224 g/mol. The van der Waals surface area contributed by atoms with Crippen LogP contribution in [0.1, 0.15) is 25.7 Å².